The molecule has 3 aromatic rings. The highest BCUT2D eigenvalue weighted by Gasteiger charge is 2.30. The Morgan fingerprint density at radius 2 is 1.69 bits per heavy atom. The van der Waals surface area contributed by atoms with Crippen LogP contribution in [-0.4, -0.2) is 60.8 Å². The summed E-state index contributed by atoms with van der Waals surface area (Å²) in [5.41, 5.74) is 1.45. The molecule has 2 aliphatic rings. The molecule has 1 aliphatic carbocycles. The first-order chi connectivity index (χ1) is 16.9. The van der Waals surface area contributed by atoms with Crippen LogP contribution in [0.3, 0.4) is 0 Å². The van der Waals surface area contributed by atoms with Crippen LogP contribution in [0.25, 0.3) is 10.2 Å². The number of fused-ring (bicyclic) bond motifs is 1. The van der Waals surface area contributed by atoms with Crippen molar-refractivity contribution in [3.8, 4) is 5.19 Å². The van der Waals surface area contributed by atoms with E-state index in [1.807, 2.05) is 29.2 Å². The number of nitrogens with zero attached hydrogens (tertiary/aromatic N) is 3. The van der Waals surface area contributed by atoms with Crippen molar-refractivity contribution in [1.29, 1.82) is 0 Å². The summed E-state index contributed by atoms with van der Waals surface area (Å²) < 4.78 is 34.9. The van der Waals surface area contributed by atoms with Crippen molar-refractivity contribution in [1.82, 2.24) is 14.2 Å². The van der Waals surface area contributed by atoms with Crippen LogP contribution in [0.4, 0.5) is 0 Å². The van der Waals surface area contributed by atoms with Gasteiger partial charge in [-0.15, -0.1) is 0 Å². The van der Waals surface area contributed by atoms with Gasteiger partial charge in [-0.05, 0) is 49.2 Å². The summed E-state index contributed by atoms with van der Waals surface area (Å²) in [6.45, 7) is 1.19. The summed E-state index contributed by atoms with van der Waals surface area (Å²) in [5, 5.41) is 0.672. The number of sulfonamides is 1. The van der Waals surface area contributed by atoms with Crippen LogP contribution in [0.5, 0.6) is 5.19 Å². The van der Waals surface area contributed by atoms with Crippen LogP contribution in [0, 0.1) is 0 Å². The topological polar surface area (TPSA) is 79.8 Å². The van der Waals surface area contributed by atoms with Gasteiger partial charge in [0.25, 0.3) is 11.1 Å². The first kappa shape index (κ1) is 24.2. The van der Waals surface area contributed by atoms with Crippen LogP contribution in [-0.2, 0) is 10.0 Å². The number of ether oxygens (including phenoxy) is 1. The molecular weight excluding hydrogens is 482 g/mol. The first-order valence-electron chi connectivity index (χ1n) is 12.3. The van der Waals surface area contributed by atoms with E-state index in [0.29, 0.717) is 23.8 Å². The second-order valence-electron chi connectivity index (χ2n) is 9.39. The lowest BCUT2D eigenvalue weighted by atomic mass is 9.96. The van der Waals surface area contributed by atoms with Gasteiger partial charge in [-0.2, -0.15) is 4.31 Å². The lowest BCUT2D eigenvalue weighted by molar-refractivity contribution is 0.0595. The van der Waals surface area contributed by atoms with E-state index in [9.17, 15) is 13.2 Å². The van der Waals surface area contributed by atoms with Gasteiger partial charge in [-0.3, -0.25) is 4.79 Å². The average molecular weight is 514 g/mol. The van der Waals surface area contributed by atoms with Gasteiger partial charge < -0.3 is 9.64 Å². The summed E-state index contributed by atoms with van der Waals surface area (Å²) >= 11 is 1.54. The number of rotatable bonds is 6. The van der Waals surface area contributed by atoms with Crippen molar-refractivity contribution < 1.29 is 17.9 Å². The van der Waals surface area contributed by atoms with E-state index in [1.165, 1.54) is 10.7 Å². The number of para-hydroxylation sites is 1. The largest absolute Gasteiger partial charge is 0.467 e. The Morgan fingerprint density at radius 3 is 2.37 bits per heavy atom. The van der Waals surface area contributed by atoms with E-state index in [2.05, 4.69) is 4.98 Å². The Morgan fingerprint density at radius 1 is 1.00 bits per heavy atom. The van der Waals surface area contributed by atoms with E-state index in [4.69, 9.17) is 4.74 Å². The fourth-order valence-electron chi connectivity index (χ4n) is 4.98. The van der Waals surface area contributed by atoms with Gasteiger partial charge >= 0.3 is 0 Å². The van der Waals surface area contributed by atoms with Crippen molar-refractivity contribution >= 4 is 37.5 Å². The van der Waals surface area contributed by atoms with Crippen molar-refractivity contribution in [2.24, 2.45) is 0 Å². The molecule has 186 valence electrons. The van der Waals surface area contributed by atoms with Crippen LogP contribution in [0.2, 0.25) is 0 Å². The van der Waals surface area contributed by atoms with Gasteiger partial charge in [-0.25, -0.2) is 13.4 Å². The summed E-state index contributed by atoms with van der Waals surface area (Å²) in [6, 6.07) is 14.4. The van der Waals surface area contributed by atoms with E-state index < -0.39 is 10.0 Å². The molecule has 1 saturated carbocycles. The number of likely N-dealkylation sites (tertiary alicyclic amines) is 1. The fourth-order valence-corrected chi connectivity index (χ4v) is 7.28. The number of carbonyl (C=O) groups excluding carboxylic acids is 1. The third-order valence-electron chi connectivity index (χ3n) is 7.14. The second-order valence-corrected chi connectivity index (χ2v) is 12.4. The average Bonchev–Trinajstić information content (AvgIpc) is 3.31. The van der Waals surface area contributed by atoms with Crippen molar-refractivity contribution in [2.45, 2.75) is 62.0 Å². The zero-order valence-corrected chi connectivity index (χ0v) is 21.6. The molecule has 2 fully saturated rings. The number of thiazole rings is 1. The van der Waals surface area contributed by atoms with Gasteiger partial charge in [0.05, 0.1) is 15.1 Å². The molecule has 0 radical (unpaired) electrons. The Bertz CT molecular complexity index is 1240. The third kappa shape index (κ3) is 5.22. The lowest BCUT2D eigenvalue weighted by Crippen LogP contribution is -2.41. The highest BCUT2D eigenvalue weighted by atomic mass is 32.2. The minimum Gasteiger partial charge on any atom is -0.467 e. The minimum atomic E-state index is -3.57. The number of hydrogen-bond donors (Lipinski definition) is 0. The highest BCUT2D eigenvalue weighted by molar-refractivity contribution is 7.89. The molecule has 35 heavy (non-hydrogen) atoms. The van der Waals surface area contributed by atoms with Gasteiger partial charge in [-0.1, -0.05) is 42.7 Å². The van der Waals surface area contributed by atoms with E-state index in [-0.39, 0.29) is 22.9 Å². The fraction of sp³-hybridized carbons (Fsp3) is 0.462. The molecule has 0 bridgehead atoms. The molecule has 2 aromatic carbocycles. The standard InChI is InChI=1S/C26H31N3O4S2/c1-28(20-7-3-2-4-8-20)35(31,32)22-13-11-19(12-14-22)25(30)29-17-15-21(16-18-29)33-26-27-23-9-5-6-10-24(23)34-26/h5-6,9-14,20-21H,2-4,7-8,15-18H2,1H3. The maximum absolute atomic E-state index is 13.1. The van der Waals surface area contributed by atoms with Gasteiger partial charge in [0, 0.05) is 44.6 Å². The third-order valence-corrected chi connectivity index (χ3v) is 9.99. The molecule has 1 amide bonds. The molecule has 2 heterocycles. The quantitative estimate of drug-likeness (QED) is 0.467. The molecule has 0 atom stereocenters. The predicted molar refractivity (Wildman–Crippen MR) is 137 cm³/mol. The summed E-state index contributed by atoms with van der Waals surface area (Å²) in [7, 11) is -1.89. The van der Waals surface area contributed by atoms with Crippen LogP contribution in [0.15, 0.2) is 53.4 Å². The SMILES string of the molecule is CN(C1CCCCC1)S(=O)(=O)c1ccc(C(=O)N2CCC(Oc3nc4ccccc4s3)CC2)cc1. The lowest BCUT2D eigenvalue weighted by Gasteiger charge is -2.32. The summed E-state index contributed by atoms with van der Waals surface area (Å²) in [5.74, 6) is -0.0759. The Balaban J connectivity index is 1.18. The van der Waals surface area contributed by atoms with E-state index in [1.54, 1.807) is 42.6 Å². The summed E-state index contributed by atoms with van der Waals surface area (Å²) in [6.07, 6.45) is 6.63. The van der Waals surface area contributed by atoms with Crippen molar-refractivity contribution in [3.63, 3.8) is 0 Å². The molecule has 1 saturated heterocycles. The Kier molecular flexibility index (Phi) is 7.09. The minimum absolute atomic E-state index is 0.0301. The molecule has 1 aromatic heterocycles. The zero-order chi connectivity index (χ0) is 24.4. The monoisotopic (exact) mass is 513 g/mol. The first-order valence-corrected chi connectivity index (χ1v) is 14.6. The normalized spacial score (nSPS) is 18.3. The van der Waals surface area contributed by atoms with E-state index >= 15 is 0 Å². The smallest absolute Gasteiger partial charge is 0.274 e. The molecule has 7 nitrogen and oxygen atoms in total. The Labute approximate surface area is 210 Å². The zero-order valence-electron chi connectivity index (χ0n) is 19.9. The van der Waals surface area contributed by atoms with Gasteiger partial charge in [0.1, 0.15) is 6.10 Å². The molecule has 0 N–H and O–H groups in total. The molecule has 1 aliphatic heterocycles. The summed E-state index contributed by atoms with van der Waals surface area (Å²) in [4.78, 5) is 19.6. The molecular formula is C26H31N3O4S2. The molecule has 9 heteroatoms. The van der Waals surface area contributed by atoms with Crippen LogP contribution >= 0.6 is 11.3 Å². The van der Waals surface area contributed by atoms with Gasteiger partial charge in [0.15, 0.2) is 0 Å². The van der Waals surface area contributed by atoms with Crippen LogP contribution in [0.1, 0.15) is 55.3 Å². The number of aromatic nitrogens is 1. The number of piperidine rings is 1. The van der Waals surface area contributed by atoms with Crippen LogP contribution < -0.4 is 4.74 Å². The molecule has 0 unspecified atom stereocenters. The Hall–Kier alpha value is -2.49. The van der Waals surface area contributed by atoms with Gasteiger partial charge in [0.2, 0.25) is 10.0 Å². The predicted octanol–water partition coefficient (Wildman–Crippen LogP) is 4.93. The second kappa shape index (κ2) is 10.2. The van der Waals surface area contributed by atoms with Crippen molar-refractivity contribution in [2.75, 3.05) is 20.1 Å². The maximum atomic E-state index is 13.1. The number of benzene rings is 2. The van der Waals surface area contributed by atoms with E-state index in [0.717, 1.165) is 48.7 Å². The molecule has 0 spiro atoms. The number of hydrogen-bond acceptors (Lipinski definition) is 6. The molecule has 5 rings (SSSR count). The number of amides is 1. The highest BCUT2D eigenvalue weighted by Crippen LogP contribution is 2.30. The number of carbonyl (C=O) groups is 1. The van der Waals surface area contributed by atoms with Crippen molar-refractivity contribution in [3.05, 3.63) is 54.1 Å². The maximum Gasteiger partial charge on any atom is 0.274 e.